The Morgan fingerprint density at radius 2 is 2.07 bits per heavy atom. The zero-order valence-electron chi connectivity index (χ0n) is 8.53. The number of ether oxygens (including phenoxy) is 2. The minimum Gasteiger partial charge on any atom is -0.482 e. The standard InChI is InChI=1S/C10H14N2O3/c1-2-14-10(13)7-15-9-5-3-8(12-11)4-6-9/h3-6,12H,2,7,11H2,1H3. The Morgan fingerprint density at radius 1 is 1.40 bits per heavy atom. The van der Waals surface area contributed by atoms with Gasteiger partial charge in [0.25, 0.3) is 0 Å². The number of rotatable bonds is 5. The molecule has 0 saturated heterocycles. The second-order valence-electron chi connectivity index (χ2n) is 2.76. The van der Waals surface area contributed by atoms with E-state index in [1.165, 1.54) is 0 Å². The molecule has 1 rings (SSSR count). The highest BCUT2D eigenvalue weighted by atomic mass is 16.6. The summed E-state index contributed by atoms with van der Waals surface area (Å²) in [5, 5.41) is 0. The third-order valence-electron chi connectivity index (χ3n) is 1.68. The topological polar surface area (TPSA) is 73.6 Å². The lowest BCUT2D eigenvalue weighted by Crippen LogP contribution is -2.14. The Bertz CT molecular complexity index is 311. The third kappa shape index (κ3) is 3.86. The average molecular weight is 210 g/mol. The van der Waals surface area contributed by atoms with Crippen molar-refractivity contribution in [3.63, 3.8) is 0 Å². The number of hydrazine groups is 1. The second-order valence-corrected chi connectivity index (χ2v) is 2.76. The monoisotopic (exact) mass is 210 g/mol. The van der Waals surface area contributed by atoms with Gasteiger partial charge in [-0.05, 0) is 31.2 Å². The van der Waals surface area contributed by atoms with E-state index in [2.05, 4.69) is 5.43 Å². The quantitative estimate of drug-likeness (QED) is 0.429. The maximum Gasteiger partial charge on any atom is 0.344 e. The fourth-order valence-electron chi connectivity index (χ4n) is 0.992. The van der Waals surface area contributed by atoms with Crippen molar-refractivity contribution in [3.8, 4) is 5.75 Å². The lowest BCUT2D eigenvalue weighted by Gasteiger charge is -2.06. The van der Waals surface area contributed by atoms with Crippen molar-refractivity contribution < 1.29 is 14.3 Å². The normalized spacial score (nSPS) is 9.47. The van der Waals surface area contributed by atoms with Crippen LogP contribution in [0.15, 0.2) is 24.3 Å². The molecule has 0 aromatic heterocycles. The molecule has 0 heterocycles. The predicted molar refractivity (Wildman–Crippen MR) is 56.4 cm³/mol. The Morgan fingerprint density at radius 3 is 2.60 bits per heavy atom. The Hall–Kier alpha value is -1.75. The first-order chi connectivity index (χ1) is 7.26. The van der Waals surface area contributed by atoms with Crippen molar-refractivity contribution in [1.82, 2.24) is 0 Å². The van der Waals surface area contributed by atoms with Gasteiger partial charge in [-0.1, -0.05) is 0 Å². The summed E-state index contributed by atoms with van der Waals surface area (Å²) in [7, 11) is 0. The molecule has 1 aromatic rings. The van der Waals surface area contributed by atoms with E-state index in [4.69, 9.17) is 15.3 Å². The molecule has 0 saturated carbocycles. The molecule has 3 N–H and O–H groups in total. The number of hydrogen-bond donors (Lipinski definition) is 2. The maximum absolute atomic E-state index is 11.0. The van der Waals surface area contributed by atoms with Crippen LogP contribution in [0.1, 0.15) is 6.92 Å². The molecular formula is C10H14N2O3. The molecule has 82 valence electrons. The molecule has 0 aliphatic carbocycles. The molecule has 0 fully saturated rings. The van der Waals surface area contributed by atoms with Crippen LogP contribution in [0.25, 0.3) is 0 Å². The molecular weight excluding hydrogens is 196 g/mol. The molecule has 0 atom stereocenters. The van der Waals surface area contributed by atoms with Gasteiger partial charge in [-0.15, -0.1) is 0 Å². The van der Waals surface area contributed by atoms with Crippen LogP contribution in [0, 0.1) is 0 Å². The highest BCUT2D eigenvalue weighted by molar-refractivity contribution is 5.71. The number of nitrogens with two attached hydrogens (primary N) is 1. The molecule has 0 spiro atoms. The van der Waals surface area contributed by atoms with E-state index in [9.17, 15) is 4.79 Å². The Balaban J connectivity index is 2.40. The Kier molecular flexibility index (Phi) is 4.43. The van der Waals surface area contributed by atoms with Gasteiger partial charge in [0.15, 0.2) is 6.61 Å². The van der Waals surface area contributed by atoms with Crippen LogP contribution in [0.4, 0.5) is 5.69 Å². The lowest BCUT2D eigenvalue weighted by atomic mass is 10.3. The van der Waals surface area contributed by atoms with E-state index in [1.54, 1.807) is 31.2 Å². The van der Waals surface area contributed by atoms with E-state index >= 15 is 0 Å². The first-order valence-corrected chi connectivity index (χ1v) is 4.61. The summed E-state index contributed by atoms with van der Waals surface area (Å²) in [5.41, 5.74) is 3.27. The first-order valence-electron chi connectivity index (χ1n) is 4.61. The Labute approximate surface area is 88.1 Å². The number of carbonyl (C=O) groups excluding carboxylic acids is 1. The van der Waals surface area contributed by atoms with Crippen molar-refractivity contribution in [2.24, 2.45) is 5.84 Å². The molecule has 15 heavy (non-hydrogen) atoms. The number of anilines is 1. The number of carbonyl (C=O) groups is 1. The van der Waals surface area contributed by atoms with Gasteiger partial charge in [-0.25, -0.2) is 4.79 Å². The van der Waals surface area contributed by atoms with Gasteiger partial charge in [0.1, 0.15) is 5.75 Å². The fraction of sp³-hybridized carbons (Fsp3) is 0.300. The number of esters is 1. The largest absolute Gasteiger partial charge is 0.482 e. The number of nitrogen functional groups attached to an aromatic ring is 1. The van der Waals surface area contributed by atoms with Gasteiger partial charge in [-0.3, -0.25) is 5.84 Å². The minimum atomic E-state index is -0.376. The van der Waals surface area contributed by atoms with Crippen LogP contribution in [0.3, 0.4) is 0 Å². The molecule has 0 bridgehead atoms. The maximum atomic E-state index is 11.0. The second kappa shape index (κ2) is 5.87. The van der Waals surface area contributed by atoms with Gasteiger partial charge in [0.2, 0.25) is 0 Å². The highest BCUT2D eigenvalue weighted by Gasteiger charge is 2.02. The van der Waals surface area contributed by atoms with E-state index in [-0.39, 0.29) is 12.6 Å². The van der Waals surface area contributed by atoms with Crippen molar-refractivity contribution >= 4 is 11.7 Å². The van der Waals surface area contributed by atoms with Crippen LogP contribution < -0.4 is 16.0 Å². The van der Waals surface area contributed by atoms with E-state index in [1.807, 2.05) is 0 Å². The summed E-state index contributed by atoms with van der Waals surface area (Å²) < 4.78 is 9.89. The lowest BCUT2D eigenvalue weighted by molar-refractivity contribution is -0.145. The first kappa shape index (κ1) is 11.3. The summed E-state index contributed by atoms with van der Waals surface area (Å²) in [6, 6.07) is 6.93. The van der Waals surface area contributed by atoms with Crippen LogP contribution >= 0.6 is 0 Å². The number of nitrogens with one attached hydrogen (secondary N) is 1. The van der Waals surface area contributed by atoms with Crippen LogP contribution in [0.2, 0.25) is 0 Å². The van der Waals surface area contributed by atoms with Crippen molar-refractivity contribution in [2.75, 3.05) is 18.6 Å². The minimum absolute atomic E-state index is 0.0801. The highest BCUT2D eigenvalue weighted by Crippen LogP contribution is 2.14. The molecule has 5 heteroatoms. The van der Waals surface area contributed by atoms with Crippen LogP contribution in [0.5, 0.6) is 5.75 Å². The molecule has 0 aliphatic rings. The van der Waals surface area contributed by atoms with Crippen LogP contribution in [-0.2, 0) is 9.53 Å². The molecule has 5 nitrogen and oxygen atoms in total. The summed E-state index contributed by atoms with van der Waals surface area (Å²) in [6.07, 6.45) is 0. The molecule has 1 aromatic carbocycles. The molecule has 0 radical (unpaired) electrons. The molecule has 0 amide bonds. The van der Waals surface area contributed by atoms with Crippen molar-refractivity contribution in [2.45, 2.75) is 6.92 Å². The summed E-state index contributed by atoms with van der Waals surface area (Å²) in [4.78, 5) is 11.0. The number of hydrogen-bond acceptors (Lipinski definition) is 5. The van der Waals surface area contributed by atoms with E-state index < -0.39 is 0 Å². The number of benzene rings is 1. The van der Waals surface area contributed by atoms with Gasteiger partial charge < -0.3 is 14.9 Å². The molecule has 0 unspecified atom stereocenters. The fourth-order valence-corrected chi connectivity index (χ4v) is 0.992. The summed E-state index contributed by atoms with van der Waals surface area (Å²) in [5.74, 6) is 5.42. The van der Waals surface area contributed by atoms with Crippen molar-refractivity contribution in [3.05, 3.63) is 24.3 Å². The smallest absolute Gasteiger partial charge is 0.344 e. The molecule has 0 aliphatic heterocycles. The third-order valence-corrected chi connectivity index (χ3v) is 1.68. The zero-order chi connectivity index (χ0) is 11.1. The SMILES string of the molecule is CCOC(=O)COc1ccc(NN)cc1. The van der Waals surface area contributed by atoms with E-state index in [0.717, 1.165) is 5.69 Å². The van der Waals surface area contributed by atoms with Gasteiger partial charge in [0, 0.05) is 5.69 Å². The van der Waals surface area contributed by atoms with Crippen LogP contribution in [-0.4, -0.2) is 19.2 Å². The summed E-state index contributed by atoms with van der Waals surface area (Å²) >= 11 is 0. The van der Waals surface area contributed by atoms with Gasteiger partial charge >= 0.3 is 5.97 Å². The zero-order valence-corrected chi connectivity index (χ0v) is 8.53. The average Bonchev–Trinajstić information content (AvgIpc) is 2.27. The van der Waals surface area contributed by atoms with E-state index in [0.29, 0.717) is 12.4 Å². The van der Waals surface area contributed by atoms with Gasteiger partial charge in [0.05, 0.1) is 6.61 Å². The van der Waals surface area contributed by atoms with Gasteiger partial charge in [-0.2, -0.15) is 0 Å². The van der Waals surface area contributed by atoms with Crippen molar-refractivity contribution in [1.29, 1.82) is 0 Å². The predicted octanol–water partition coefficient (Wildman–Crippen LogP) is 0.914. The summed E-state index contributed by atoms with van der Waals surface area (Å²) in [6.45, 7) is 2.03.